The minimum absolute atomic E-state index is 0.211. The van der Waals surface area contributed by atoms with Gasteiger partial charge in [-0.3, -0.25) is 9.59 Å². The Bertz CT molecular complexity index is 998. The summed E-state index contributed by atoms with van der Waals surface area (Å²) in [5.74, 6) is -3.46. The van der Waals surface area contributed by atoms with Crippen LogP contribution in [-0.4, -0.2) is 34.0 Å². The van der Waals surface area contributed by atoms with Crippen molar-refractivity contribution in [2.24, 2.45) is 0 Å². The standard InChI is InChI=1S/C22H20N2O6S2/c1-13(21(27)28)11-19(25)23-15-7-3-5-9-17(15)31-32-18-10-6-4-8-16(18)24-20(26)12-14(2)22(29)30/h3-10H,1-2,11-12H2,(H,23,25)(H,24,26)(H,27,28)(H,29,30). The van der Waals surface area contributed by atoms with Crippen molar-refractivity contribution < 1.29 is 29.4 Å². The van der Waals surface area contributed by atoms with Crippen molar-refractivity contribution in [3.63, 3.8) is 0 Å². The molecule has 0 radical (unpaired) electrons. The Balaban J connectivity index is 2.07. The number of benzene rings is 2. The van der Waals surface area contributed by atoms with Crippen LogP contribution in [0.5, 0.6) is 0 Å². The highest BCUT2D eigenvalue weighted by atomic mass is 33.1. The fraction of sp³-hybridized carbons (Fsp3) is 0.0909. The topological polar surface area (TPSA) is 133 Å². The number of carbonyl (C=O) groups excluding carboxylic acids is 2. The maximum absolute atomic E-state index is 12.1. The van der Waals surface area contributed by atoms with Crippen LogP contribution in [0.15, 0.2) is 82.6 Å². The molecule has 2 rings (SSSR count). The Morgan fingerprint density at radius 3 is 1.38 bits per heavy atom. The Morgan fingerprint density at radius 1 is 0.688 bits per heavy atom. The predicted octanol–water partition coefficient (Wildman–Crippen LogP) is 4.42. The van der Waals surface area contributed by atoms with Gasteiger partial charge < -0.3 is 20.8 Å². The van der Waals surface area contributed by atoms with Crippen molar-refractivity contribution in [1.82, 2.24) is 0 Å². The molecule has 0 unspecified atom stereocenters. The monoisotopic (exact) mass is 472 g/mol. The molecule has 166 valence electrons. The molecule has 0 aliphatic carbocycles. The lowest BCUT2D eigenvalue weighted by atomic mass is 10.2. The number of hydrogen-bond acceptors (Lipinski definition) is 6. The Morgan fingerprint density at radius 2 is 1.03 bits per heavy atom. The second kappa shape index (κ2) is 11.8. The number of para-hydroxylation sites is 2. The summed E-state index contributed by atoms with van der Waals surface area (Å²) in [4.78, 5) is 47.4. The lowest BCUT2D eigenvalue weighted by molar-refractivity contribution is -0.134. The average molecular weight is 473 g/mol. The fourth-order valence-electron chi connectivity index (χ4n) is 2.30. The Labute approximate surface area is 192 Å². The third kappa shape index (κ3) is 7.64. The van der Waals surface area contributed by atoms with Crippen LogP contribution in [-0.2, 0) is 19.2 Å². The van der Waals surface area contributed by atoms with E-state index in [0.717, 1.165) is 0 Å². The van der Waals surface area contributed by atoms with Gasteiger partial charge in [0.1, 0.15) is 0 Å². The normalized spacial score (nSPS) is 10.1. The number of anilines is 2. The average Bonchev–Trinajstić information content (AvgIpc) is 2.73. The molecule has 0 saturated carbocycles. The van der Waals surface area contributed by atoms with Gasteiger partial charge in [0.25, 0.3) is 0 Å². The lowest BCUT2D eigenvalue weighted by Crippen LogP contribution is -2.15. The molecule has 2 aromatic carbocycles. The molecule has 0 spiro atoms. The van der Waals surface area contributed by atoms with Gasteiger partial charge in [0.2, 0.25) is 11.8 Å². The zero-order chi connectivity index (χ0) is 23.7. The van der Waals surface area contributed by atoms with E-state index in [9.17, 15) is 19.2 Å². The number of nitrogens with one attached hydrogen (secondary N) is 2. The summed E-state index contributed by atoms with van der Waals surface area (Å²) in [6.45, 7) is 6.71. The summed E-state index contributed by atoms with van der Waals surface area (Å²) in [6, 6.07) is 14.0. The maximum Gasteiger partial charge on any atom is 0.331 e. The summed E-state index contributed by atoms with van der Waals surface area (Å²) in [5.41, 5.74) is 0.592. The zero-order valence-corrected chi connectivity index (χ0v) is 18.4. The number of carbonyl (C=O) groups is 4. The molecule has 0 saturated heterocycles. The lowest BCUT2D eigenvalue weighted by Gasteiger charge is -2.13. The van der Waals surface area contributed by atoms with E-state index in [1.54, 1.807) is 48.5 Å². The molecule has 2 aromatic rings. The van der Waals surface area contributed by atoms with Gasteiger partial charge in [0.15, 0.2) is 0 Å². The van der Waals surface area contributed by atoms with E-state index in [0.29, 0.717) is 21.2 Å². The van der Waals surface area contributed by atoms with Crippen LogP contribution in [0.3, 0.4) is 0 Å². The van der Waals surface area contributed by atoms with E-state index < -0.39 is 23.8 Å². The van der Waals surface area contributed by atoms with Crippen molar-refractivity contribution in [3.8, 4) is 0 Å². The molecule has 10 heteroatoms. The van der Waals surface area contributed by atoms with Crippen LogP contribution < -0.4 is 10.6 Å². The molecular weight excluding hydrogens is 452 g/mol. The van der Waals surface area contributed by atoms with Crippen LogP contribution in [0.2, 0.25) is 0 Å². The summed E-state index contributed by atoms with van der Waals surface area (Å²) >= 11 is 0. The number of amides is 2. The maximum atomic E-state index is 12.1. The van der Waals surface area contributed by atoms with Crippen molar-refractivity contribution in [2.45, 2.75) is 22.6 Å². The van der Waals surface area contributed by atoms with E-state index in [1.165, 1.54) is 21.6 Å². The molecule has 0 aliphatic heterocycles. The quantitative estimate of drug-likeness (QED) is 0.279. The van der Waals surface area contributed by atoms with Gasteiger partial charge in [-0.2, -0.15) is 0 Å². The first-order valence-electron chi connectivity index (χ1n) is 9.11. The van der Waals surface area contributed by atoms with Crippen LogP contribution in [0, 0.1) is 0 Å². The zero-order valence-electron chi connectivity index (χ0n) is 16.8. The molecule has 0 aromatic heterocycles. The Hall–Kier alpha value is -3.50. The van der Waals surface area contributed by atoms with Crippen LogP contribution in [0.1, 0.15) is 12.8 Å². The predicted molar refractivity (Wildman–Crippen MR) is 125 cm³/mol. The molecule has 2 amide bonds. The van der Waals surface area contributed by atoms with E-state index in [1.807, 2.05) is 0 Å². The summed E-state index contributed by atoms with van der Waals surface area (Å²) in [6.07, 6.45) is -0.671. The molecule has 0 atom stereocenters. The number of rotatable bonds is 11. The highest BCUT2D eigenvalue weighted by molar-refractivity contribution is 8.76. The smallest absolute Gasteiger partial charge is 0.331 e. The molecule has 8 nitrogen and oxygen atoms in total. The van der Waals surface area contributed by atoms with E-state index in [4.69, 9.17) is 10.2 Å². The van der Waals surface area contributed by atoms with Crippen LogP contribution >= 0.6 is 21.6 Å². The largest absolute Gasteiger partial charge is 0.478 e. The van der Waals surface area contributed by atoms with Gasteiger partial charge in [0.05, 0.1) is 24.2 Å². The van der Waals surface area contributed by atoms with Gasteiger partial charge in [-0.05, 0) is 24.3 Å². The number of carboxylic acids is 2. The second-order valence-electron chi connectivity index (χ2n) is 6.43. The first-order chi connectivity index (χ1) is 15.2. The van der Waals surface area contributed by atoms with Gasteiger partial charge >= 0.3 is 11.9 Å². The minimum Gasteiger partial charge on any atom is -0.478 e. The third-order valence-corrected chi connectivity index (χ3v) is 6.38. The number of hydrogen-bond donors (Lipinski definition) is 4. The van der Waals surface area contributed by atoms with Crippen molar-refractivity contribution in [3.05, 3.63) is 72.8 Å². The highest BCUT2D eigenvalue weighted by Crippen LogP contribution is 2.43. The van der Waals surface area contributed by atoms with Crippen molar-refractivity contribution >= 4 is 56.7 Å². The van der Waals surface area contributed by atoms with E-state index >= 15 is 0 Å². The van der Waals surface area contributed by atoms with E-state index in [2.05, 4.69) is 23.8 Å². The van der Waals surface area contributed by atoms with Gasteiger partial charge in [-0.1, -0.05) is 59.0 Å². The molecule has 0 aliphatic rings. The molecule has 32 heavy (non-hydrogen) atoms. The first-order valence-corrected chi connectivity index (χ1v) is 11.3. The summed E-state index contributed by atoms with van der Waals surface area (Å²) in [5, 5.41) is 23.1. The number of aliphatic carboxylic acids is 2. The van der Waals surface area contributed by atoms with E-state index in [-0.39, 0.29) is 24.0 Å². The van der Waals surface area contributed by atoms with Crippen molar-refractivity contribution in [2.75, 3.05) is 10.6 Å². The fourth-order valence-corrected chi connectivity index (χ4v) is 4.58. The molecule has 4 N–H and O–H groups in total. The first kappa shape index (κ1) is 24.8. The molecule has 0 fully saturated rings. The Kier molecular flexibility index (Phi) is 9.11. The van der Waals surface area contributed by atoms with Crippen LogP contribution in [0.4, 0.5) is 11.4 Å². The number of carboxylic acid groups (broad SMARTS) is 2. The second-order valence-corrected chi connectivity index (χ2v) is 8.64. The van der Waals surface area contributed by atoms with Crippen LogP contribution in [0.25, 0.3) is 0 Å². The minimum atomic E-state index is -1.23. The van der Waals surface area contributed by atoms with Gasteiger partial charge in [0, 0.05) is 20.9 Å². The van der Waals surface area contributed by atoms with Crippen molar-refractivity contribution in [1.29, 1.82) is 0 Å². The SMILES string of the molecule is C=C(CC(=O)Nc1ccccc1SSc1ccccc1NC(=O)CC(=C)C(=O)O)C(=O)O. The molecular formula is C22H20N2O6S2. The van der Waals surface area contributed by atoms with Gasteiger partial charge in [-0.25, -0.2) is 9.59 Å². The highest BCUT2D eigenvalue weighted by Gasteiger charge is 2.15. The van der Waals surface area contributed by atoms with Gasteiger partial charge in [-0.15, -0.1) is 0 Å². The summed E-state index contributed by atoms with van der Waals surface area (Å²) in [7, 11) is 2.66. The third-order valence-electron chi connectivity index (χ3n) is 3.90. The summed E-state index contributed by atoms with van der Waals surface area (Å²) < 4.78 is 0. The molecule has 0 bridgehead atoms. The molecule has 0 heterocycles.